The van der Waals surface area contributed by atoms with Gasteiger partial charge in [-0.05, 0) is 23.3 Å². The van der Waals surface area contributed by atoms with E-state index in [0.717, 1.165) is 11.1 Å². The molecule has 1 atom stereocenters. The Bertz CT molecular complexity index is 387. The van der Waals surface area contributed by atoms with Crippen LogP contribution in [0.2, 0.25) is 0 Å². The van der Waals surface area contributed by atoms with Crippen LogP contribution in [0, 0.1) is 0 Å². The molecule has 0 aromatic carbocycles. The van der Waals surface area contributed by atoms with Gasteiger partial charge < -0.3 is 4.74 Å². The van der Waals surface area contributed by atoms with Gasteiger partial charge in [-0.25, -0.2) is 0 Å². The second-order valence-electron chi connectivity index (χ2n) is 3.31. The predicted octanol–water partition coefficient (Wildman–Crippen LogP) is 0.610. The minimum atomic E-state index is -0.321. The Morgan fingerprint density at radius 3 is 2.93 bits per heavy atom. The van der Waals surface area contributed by atoms with Gasteiger partial charge in [0.15, 0.2) is 0 Å². The molecule has 0 unspecified atom stereocenters. The number of aromatic nitrogens is 1. The van der Waals surface area contributed by atoms with Crippen LogP contribution < -0.4 is 5.32 Å². The van der Waals surface area contributed by atoms with E-state index >= 15 is 0 Å². The summed E-state index contributed by atoms with van der Waals surface area (Å²) < 4.78 is 4.66. The Morgan fingerprint density at radius 1 is 1.53 bits per heavy atom. The Kier molecular flexibility index (Phi) is 2.78. The summed E-state index contributed by atoms with van der Waals surface area (Å²) in [5, 5.41) is 3.07. The summed E-state index contributed by atoms with van der Waals surface area (Å²) in [4.78, 5) is 15.2. The SMILES string of the molecule is COC(=O)[C@H]1C=C(c2ccncc2)CN1. The van der Waals surface area contributed by atoms with Crippen molar-refractivity contribution < 1.29 is 9.53 Å². The van der Waals surface area contributed by atoms with Gasteiger partial charge in [0.25, 0.3) is 0 Å². The van der Waals surface area contributed by atoms with Crippen LogP contribution in [0.1, 0.15) is 5.56 Å². The quantitative estimate of drug-likeness (QED) is 0.717. The molecule has 1 aliphatic rings. The van der Waals surface area contributed by atoms with Crippen LogP contribution >= 0.6 is 0 Å². The van der Waals surface area contributed by atoms with E-state index in [4.69, 9.17) is 0 Å². The molecule has 1 N–H and O–H groups in total. The Labute approximate surface area is 88.0 Å². The number of hydrogen-bond donors (Lipinski definition) is 1. The maximum absolute atomic E-state index is 11.2. The fraction of sp³-hybridized carbons (Fsp3) is 0.273. The molecule has 0 fully saturated rings. The molecule has 0 amide bonds. The van der Waals surface area contributed by atoms with E-state index < -0.39 is 0 Å². The van der Waals surface area contributed by atoms with Crippen molar-refractivity contribution in [3.05, 3.63) is 36.2 Å². The molecule has 2 heterocycles. The highest BCUT2D eigenvalue weighted by Crippen LogP contribution is 2.18. The van der Waals surface area contributed by atoms with Crippen LogP contribution in [0.3, 0.4) is 0 Å². The second-order valence-corrected chi connectivity index (χ2v) is 3.31. The first-order valence-electron chi connectivity index (χ1n) is 4.73. The predicted molar refractivity (Wildman–Crippen MR) is 56.0 cm³/mol. The summed E-state index contributed by atoms with van der Waals surface area (Å²) in [6, 6.07) is 3.53. The summed E-state index contributed by atoms with van der Waals surface area (Å²) in [6.07, 6.45) is 5.37. The second kappa shape index (κ2) is 4.23. The highest BCUT2D eigenvalue weighted by atomic mass is 16.5. The van der Waals surface area contributed by atoms with Crippen LogP contribution in [0.5, 0.6) is 0 Å². The van der Waals surface area contributed by atoms with Crippen molar-refractivity contribution >= 4 is 11.5 Å². The molecular weight excluding hydrogens is 192 g/mol. The Balaban J connectivity index is 2.17. The molecule has 15 heavy (non-hydrogen) atoms. The van der Waals surface area contributed by atoms with Crippen LogP contribution in [0.25, 0.3) is 5.57 Å². The highest BCUT2D eigenvalue weighted by Gasteiger charge is 2.22. The molecule has 0 saturated carbocycles. The molecule has 0 radical (unpaired) electrons. The molecule has 0 bridgehead atoms. The number of nitrogens with zero attached hydrogens (tertiary/aromatic N) is 1. The third-order valence-electron chi connectivity index (χ3n) is 2.39. The molecule has 4 nitrogen and oxygen atoms in total. The first-order chi connectivity index (χ1) is 7.31. The molecule has 2 rings (SSSR count). The van der Waals surface area contributed by atoms with Gasteiger partial charge in [-0.3, -0.25) is 15.1 Å². The molecular formula is C11H12N2O2. The third-order valence-corrected chi connectivity index (χ3v) is 2.39. The van der Waals surface area contributed by atoms with Gasteiger partial charge in [-0.1, -0.05) is 6.08 Å². The molecule has 1 aromatic rings. The van der Waals surface area contributed by atoms with E-state index in [2.05, 4.69) is 15.0 Å². The van der Waals surface area contributed by atoms with Gasteiger partial charge in [0.2, 0.25) is 0 Å². The Morgan fingerprint density at radius 2 is 2.27 bits per heavy atom. The first kappa shape index (κ1) is 9.86. The Hall–Kier alpha value is -1.68. The molecule has 0 saturated heterocycles. The van der Waals surface area contributed by atoms with Crippen molar-refractivity contribution in [2.75, 3.05) is 13.7 Å². The van der Waals surface area contributed by atoms with Crippen LogP contribution in [0.4, 0.5) is 0 Å². The molecule has 1 aliphatic heterocycles. The van der Waals surface area contributed by atoms with Crippen molar-refractivity contribution in [3.8, 4) is 0 Å². The van der Waals surface area contributed by atoms with E-state index in [1.807, 2.05) is 18.2 Å². The number of carbonyl (C=O) groups excluding carboxylic acids is 1. The van der Waals surface area contributed by atoms with Gasteiger partial charge in [-0.15, -0.1) is 0 Å². The average molecular weight is 204 g/mol. The highest BCUT2D eigenvalue weighted by molar-refractivity contribution is 5.84. The number of esters is 1. The van der Waals surface area contributed by atoms with Crippen LogP contribution in [-0.2, 0) is 9.53 Å². The zero-order valence-electron chi connectivity index (χ0n) is 8.43. The lowest BCUT2D eigenvalue weighted by atomic mass is 10.1. The van der Waals surface area contributed by atoms with Crippen molar-refractivity contribution in [2.24, 2.45) is 0 Å². The maximum atomic E-state index is 11.2. The fourth-order valence-electron chi connectivity index (χ4n) is 1.58. The van der Waals surface area contributed by atoms with Gasteiger partial charge in [0, 0.05) is 18.9 Å². The smallest absolute Gasteiger partial charge is 0.326 e. The molecule has 0 aliphatic carbocycles. The summed E-state index contributed by atoms with van der Waals surface area (Å²) in [5.41, 5.74) is 2.19. The number of methoxy groups -OCH3 is 1. The number of hydrogen-bond acceptors (Lipinski definition) is 4. The van der Waals surface area contributed by atoms with E-state index in [0.29, 0.717) is 6.54 Å². The minimum absolute atomic E-state index is 0.251. The summed E-state index contributed by atoms with van der Waals surface area (Å²) in [5.74, 6) is -0.251. The maximum Gasteiger partial charge on any atom is 0.326 e. The average Bonchev–Trinajstić information content (AvgIpc) is 2.78. The molecule has 1 aromatic heterocycles. The zero-order valence-corrected chi connectivity index (χ0v) is 8.43. The van der Waals surface area contributed by atoms with Gasteiger partial charge >= 0.3 is 5.97 Å². The minimum Gasteiger partial charge on any atom is -0.468 e. The monoisotopic (exact) mass is 204 g/mol. The molecule has 78 valence electrons. The van der Waals surface area contributed by atoms with E-state index in [1.165, 1.54) is 7.11 Å². The van der Waals surface area contributed by atoms with Crippen LogP contribution in [0.15, 0.2) is 30.6 Å². The van der Waals surface area contributed by atoms with Crippen molar-refractivity contribution in [1.82, 2.24) is 10.3 Å². The van der Waals surface area contributed by atoms with Crippen LogP contribution in [-0.4, -0.2) is 30.6 Å². The number of carbonyl (C=O) groups is 1. The normalized spacial score (nSPS) is 19.8. The number of ether oxygens (including phenoxy) is 1. The van der Waals surface area contributed by atoms with Gasteiger partial charge in [0.05, 0.1) is 7.11 Å². The standard InChI is InChI=1S/C11H12N2O2/c1-15-11(14)10-6-9(7-13-10)8-2-4-12-5-3-8/h2-6,10,13H,7H2,1H3/t10-/m1/s1. The summed E-state index contributed by atoms with van der Waals surface area (Å²) in [6.45, 7) is 0.684. The van der Waals surface area contributed by atoms with Gasteiger partial charge in [0.1, 0.15) is 6.04 Å². The topological polar surface area (TPSA) is 51.2 Å². The third kappa shape index (κ3) is 2.05. The largest absolute Gasteiger partial charge is 0.468 e. The fourth-order valence-corrected chi connectivity index (χ4v) is 1.58. The summed E-state index contributed by atoms with van der Waals surface area (Å²) in [7, 11) is 1.39. The number of rotatable bonds is 2. The zero-order chi connectivity index (χ0) is 10.7. The molecule has 4 heteroatoms. The lowest BCUT2D eigenvalue weighted by Gasteiger charge is -2.04. The number of nitrogens with one attached hydrogen (secondary N) is 1. The summed E-state index contributed by atoms with van der Waals surface area (Å²) >= 11 is 0. The lowest BCUT2D eigenvalue weighted by molar-refractivity contribution is -0.141. The van der Waals surface area contributed by atoms with E-state index in [-0.39, 0.29) is 12.0 Å². The lowest BCUT2D eigenvalue weighted by Crippen LogP contribution is -2.31. The van der Waals surface area contributed by atoms with Crippen molar-refractivity contribution in [1.29, 1.82) is 0 Å². The van der Waals surface area contributed by atoms with Gasteiger partial charge in [-0.2, -0.15) is 0 Å². The van der Waals surface area contributed by atoms with E-state index in [1.54, 1.807) is 12.4 Å². The first-order valence-corrected chi connectivity index (χ1v) is 4.73. The number of pyridine rings is 1. The van der Waals surface area contributed by atoms with Crippen molar-refractivity contribution in [2.45, 2.75) is 6.04 Å². The molecule has 0 spiro atoms. The van der Waals surface area contributed by atoms with E-state index in [9.17, 15) is 4.79 Å². The van der Waals surface area contributed by atoms with Crippen molar-refractivity contribution in [3.63, 3.8) is 0 Å².